The molecule has 2 atom stereocenters. The maximum Gasteiger partial charge on any atom is 0.269 e. The minimum Gasteiger partial charge on any atom is -0.353 e. The molecule has 1 heterocycles. The van der Waals surface area contributed by atoms with Crippen molar-refractivity contribution in [3.05, 3.63) is 39.4 Å². The van der Waals surface area contributed by atoms with Crippen LogP contribution in [0.5, 0.6) is 0 Å². The van der Waals surface area contributed by atoms with Crippen molar-refractivity contribution in [3.8, 4) is 0 Å². The van der Waals surface area contributed by atoms with Crippen LogP contribution < -0.4 is 5.32 Å². The number of nitro benzene ring substituents is 1. The van der Waals surface area contributed by atoms with Gasteiger partial charge in [0.2, 0.25) is 5.91 Å². The minimum absolute atomic E-state index is 0.0919. The van der Waals surface area contributed by atoms with Gasteiger partial charge >= 0.3 is 0 Å². The van der Waals surface area contributed by atoms with Gasteiger partial charge in [0.05, 0.1) is 4.92 Å². The molecule has 0 radical (unpaired) electrons. The first-order valence-corrected chi connectivity index (χ1v) is 7.51. The van der Waals surface area contributed by atoms with E-state index < -0.39 is 0 Å². The smallest absolute Gasteiger partial charge is 0.269 e. The van der Waals surface area contributed by atoms with Crippen LogP contribution in [0, 0.1) is 23.0 Å². The topological polar surface area (TPSA) is 72.2 Å². The zero-order chi connectivity index (χ0) is 16.0. The second-order valence-corrected chi connectivity index (χ2v) is 5.26. The van der Waals surface area contributed by atoms with Crippen molar-refractivity contribution in [2.24, 2.45) is 5.92 Å². The molecule has 1 aromatic rings. The fourth-order valence-electron chi connectivity index (χ4n) is 2.44. The van der Waals surface area contributed by atoms with Crippen LogP contribution in [0.4, 0.5) is 5.69 Å². The third-order valence-corrected chi connectivity index (χ3v) is 3.75. The molecule has 21 heavy (non-hydrogen) atoms. The van der Waals surface area contributed by atoms with Crippen LogP contribution in [0.15, 0.2) is 18.2 Å². The summed E-state index contributed by atoms with van der Waals surface area (Å²) in [7, 11) is 0. The molecule has 116 valence electrons. The van der Waals surface area contributed by atoms with Gasteiger partial charge in [0.15, 0.2) is 0 Å². The average Bonchev–Trinajstić information content (AvgIpc) is 2.47. The highest BCUT2D eigenvalue weighted by Gasteiger charge is 2.24. The predicted molar refractivity (Wildman–Crippen MR) is 83.2 cm³/mol. The van der Waals surface area contributed by atoms with Crippen molar-refractivity contribution in [1.82, 2.24) is 5.32 Å². The summed E-state index contributed by atoms with van der Waals surface area (Å²) in [6, 6.07) is 5.04. The molecule has 1 aliphatic rings. The molecule has 5 heteroatoms. The van der Waals surface area contributed by atoms with E-state index in [2.05, 4.69) is 5.32 Å². The Hall–Kier alpha value is -1.91. The molecule has 1 amide bonds. The molecule has 5 nitrogen and oxygen atoms in total. The summed E-state index contributed by atoms with van der Waals surface area (Å²) in [5, 5.41) is 13.7. The molecular weight excluding hydrogens is 268 g/mol. The Balaban J connectivity index is 0.00000106. The van der Waals surface area contributed by atoms with E-state index in [1.807, 2.05) is 27.7 Å². The van der Waals surface area contributed by atoms with Gasteiger partial charge in [0, 0.05) is 24.1 Å². The Bertz CT molecular complexity index is 514. The summed E-state index contributed by atoms with van der Waals surface area (Å²) in [4.78, 5) is 21.9. The van der Waals surface area contributed by atoms with Crippen molar-refractivity contribution < 1.29 is 9.72 Å². The van der Waals surface area contributed by atoms with Crippen LogP contribution in [-0.2, 0) is 11.2 Å². The number of non-ortho nitro benzene ring substituents is 1. The Kier molecular flexibility index (Phi) is 6.34. The first-order valence-electron chi connectivity index (χ1n) is 7.51. The van der Waals surface area contributed by atoms with Gasteiger partial charge in [0.25, 0.3) is 5.69 Å². The van der Waals surface area contributed by atoms with Gasteiger partial charge in [-0.05, 0) is 37.3 Å². The van der Waals surface area contributed by atoms with Crippen LogP contribution in [0.3, 0.4) is 0 Å². The fraction of sp³-hybridized carbons (Fsp3) is 0.562. The third-order valence-electron chi connectivity index (χ3n) is 3.75. The standard InChI is InChI=1S/C14H18N2O3.C2H6/c1-9-3-5-12(15-14(9)17)8-11-4-6-13(16(18)19)7-10(11)2;1-2/h4,6-7,9,12H,3,5,8H2,1-2H3,(H,15,17);1-2H3. The van der Waals surface area contributed by atoms with E-state index in [1.54, 1.807) is 12.1 Å². The summed E-state index contributed by atoms with van der Waals surface area (Å²) in [6.45, 7) is 7.80. The molecule has 1 fully saturated rings. The normalized spacial score (nSPS) is 21.0. The van der Waals surface area contributed by atoms with Crippen LogP contribution >= 0.6 is 0 Å². The lowest BCUT2D eigenvalue weighted by atomic mass is 9.90. The highest BCUT2D eigenvalue weighted by molar-refractivity contribution is 5.79. The molecule has 1 saturated heterocycles. The monoisotopic (exact) mass is 292 g/mol. The summed E-state index contributed by atoms with van der Waals surface area (Å²) in [5.74, 6) is 0.199. The van der Waals surface area contributed by atoms with E-state index in [9.17, 15) is 14.9 Å². The third kappa shape index (κ3) is 4.55. The number of amides is 1. The molecule has 0 saturated carbocycles. The summed E-state index contributed by atoms with van der Waals surface area (Å²) < 4.78 is 0. The number of aryl methyl sites for hydroxylation is 1. The number of piperidine rings is 1. The number of nitrogens with one attached hydrogen (secondary N) is 1. The van der Waals surface area contributed by atoms with Gasteiger partial charge in [-0.15, -0.1) is 0 Å². The lowest BCUT2D eigenvalue weighted by molar-refractivity contribution is -0.384. The van der Waals surface area contributed by atoms with Crippen molar-refractivity contribution in [2.75, 3.05) is 0 Å². The molecule has 0 aromatic heterocycles. The molecule has 1 aliphatic heterocycles. The molecule has 0 bridgehead atoms. The minimum atomic E-state index is -0.388. The van der Waals surface area contributed by atoms with E-state index >= 15 is 0 Å². The highest BCUT2D eigenvalue weighted by atomic mass is 16.6. The number of carbonyl (C=O) groups excluding carboxylic acids is 1. The van der Waals surface area contributed by atoms with Crippen molar-refractivity contribution in [3.63, 3.8) is 0 Å². The first-order chi connectivity index (χ1) is 9.97. The van der Waals surface area contributed by atoms with Gasteiger partial charge in [-0.25, -0.2) is 0 Å². The highest BCUT2D eigenvalue weighted by Crippen LogP contribution is 2.22. The van der Waals surface area contributed by atoms with Crippen molar-refractivity contribution >= 4 is 11.6 Å². The number of carbonyl (C=O) groups is 1. The Morgan fingerprint density at radius 1 is 1.33 bits per heavy atom. The van der Waals surface area contributed by atoms with E-state index in [-0.39, 0.29) is 28.5 Å². The molecule has 2 rings (SSSR count). The molecule has 2 unspecified atom stereocenters. The zero-order valence-electron chi connectivity index (χ0n) is 13.2. The fourth-order valence-corrected chi connectivity index (χ4v) is 2.44. The van der Waals surface area contributed by atoms with E-state index in [1.165, 1.54) is 6.07 Å². The number of hydrogen-bond acceptors (Lipinski definition) is 3. The number of rotatable bonds is 3. The van der Waals surface area contributed by atoms with Gasteiger partial charge in [-0.3, -0.25) is 14.9 Å². The number of nitro groups is 1. The van der Waals surface area contributed by atoms with Gasteiger partial charge in [0.1, 0.15) is 0 Å². The average molecular weight is 292 g/mol. The van der Waals surface area contributed by atoms with Crippen LogP contribution in [0.25, 0.3) is 0 Å². The zero-order valence-corrected chi connectivity index (χ0v) is 13.2. The summed E-state index contributed by atoms with van der Waals surface area (Å²) in [6.07, 6.45) is 2.61. The van der Waals surface area contributed by atoms with Crippen molar-refractivity contribution in [1.29, 1.82) is 0 Å². The summed E-state index contributed by atoms with van der Waals surface area (Å²) in [5.41, 5.74) is 2.08. The lowest BCUT2D eigenvalue weighted by Crippen LogP contribution is -2.44. The molecule has 1 N–H and O–H groups in total. The largest absolute Gasteiger partial charge is 0.353 e. The lowest BCUT2D eigenvalue weighted by Gasteiger charge is -2.27. The SMILES string of the molecule is CC.Cc1cc([N+](=O)[O-])ccc1CC1CCC(C)C(=O)N1. The second-order valence-electron chi connectivity index (χ2n) is 5.26. The number of benzene rings is 1. The van der Waals surface area contributed by atoms with Gasteiger partial charge < -0.3 is 5.32 Å². The van der Waals surface area contributed by atoms with E-state index in [0.717, 1.165) is 30.4 Å². The maximum absolute atomic E-state index is 11.6. The molecule has 1 aromatic carbocycles. The van der Waals surface area contributed by atoms with Crippen LogP contribution in [-0.4, -0.2) is 16.9 Å². The van der Waals surface area contributed by atoms with Crippen LogP contribution in [0.2, 0.25) is 0 Å². The van der Waals surface area contributed by atoms with E-state index in [0.29, 0.717) is 0 Å². The van der Waals surface area contributed by atoms with Gasteiger partial charge in [-0.2, -0.15) is 0 Å². The second kappa shape index (κ2) is 7.76. The number of nitrogens with zero attached hydrogens (tertiary/aromatic N) is 1. The van der Waals surface area contributed by atoms with Crippen LogP contribution in [0.1, 0.15) is 44.7 Å². The quantitative estimate of drug-likeness (QED) is 0.685. The van der Waals surface area contributed by atoms with Gasteiger partial charge in [-0.1, -0.05) is 26.8 Å². The van der Waals surface area contributed by atoms with E-state index in [4.69, 9.17) is 0 Å². The predicted octanol–water partition coefficient (Wildman–Crippen LogP) is 3.39. The number of hydrogen-bond donors (Lipinski definition) is 1. The Labute approximate surface area is 125 Å². The maximum atomic E-state index is 11.6. The Morgan fingerprint density at radius 3 is 2.52 bits per heavy atom. The molecular formula is C16H24N2O3. The summed E-state index contributed by atoms with van der Waals surface area (Å²) >= 11 is 0. The molecule has 0 spiro atoms. The Morgan fingerprint density at radius 2 is 2.00 bits per heavy atom. The van der Waals surface area contributed by atoms with Crippen molar-refractivity contribution in [2.45, 2.75) is 53.0 Å². The molecule has 0 aliphatic carbocycles. The first kappa shape index (κ1) is 17.1.